The summed E-state index contributed by atoms with van der Waals surface area (Å²) in [4.78, 5) is 10.2. The van der Waals surface area contributed by atoms with E-state index in [0.29, 0.717) is 5.82 Å². The number of benzene rings is 7. The van der Waals surface area contributed by atoms with Gasteiger partial charge in [-0.3, -0.25) is 0 Å². The Hall–Kier alpha value is -6.36. The highest BCUT2D eigenvalue weighted by molar-refractivity contribution is 7.25. The van der Waals surface area contributed by atoms with Gasteiger partial charge in [0.2, 0.25) is 0 Å². The molecule has 250 valence electrons. The van der Waals surface area contributed by atoms with Crippen molar-refractivity contribution in [2.75, 3.05) is 0 Å². The van der Waals surface area contributed by atoms with Gasteiger partial charge in [-0.05, 0) is 82.9 Å². The summed E-state index contributed by atoms with van der Waals surface area (Å²) in [5.74, 6) is 0.711. The zero-order chi connectivity index (χ0) is 35.3. The van der Waals surface area contributed by atoms with Crippen molar-refractivity contribution in [1.29, 1.82) is 0 Å². The number of nitrogens with zero attached hydrogens (tertiary/aromatic N) is 3. The van der Waals surface area contributed by atoms with Crippen molar-refractivity contribution >= 4 is 53.3 Å². The van der Waals surface area contributed by atoms with Gasteiger partial charge in [0.25, 0.3) is 0 Å². The summed E-state index contributed by atoms with van der Waals surface area (Å²) in [6.07, 6.45) is 0. The Balaban J connectivity index is 1.13. The molecule has 0 fully saturated rings. The maximum absolute atomic E-state index is 5.11. The summed E-state index contributed by atoms with van der Waals surface area (Å²) in [5, 5.41) is 5.17. The van der Waals surface area contributed by atoms with Gasteiger partial charge in [0.15, 0.2) is 5.82 Å². The van der Waals surface area contributed by atoms with Crippen molar-refractivity contribution in [3.05, 3.63) is 175 Å². The summed E-state index contributed by atoms with van der Waals surface area (Å²) in [5.41, 5.74) is 13.8. The molecule has 3 heterocycles. The van der Waals surface area contributed by atoms with Crippen LogP contribution in [0.4, 0.5) is 0 Å². The largest absolute Gasteiger partial charge is 0.309 e. The lowest BCUT2D eigenvalue weighted by atomic mass is 9.82. The molecule has 53 heavy (non-hydrogen) atoms. The number of rotatable bonds is 4. The summed E-state index contributed by atoms with van der Waals surface area (Å²) >= 11 is 1.88. The van der Waals surface area contributed by atoms with Gasteiger partial charge in [-0.2, -0.15) is 0 Å². The van der Waals surface area contributed by atoms with Crippen molar-refractivity contribution in [3.8, 4) is 50.7 Å². The summed E-state index contributed by atoms with van der Waals surface area (Å²) in [6, 6.07) is 59.1. The average molecular weight is 696 g/mol. The lowest BCUT2D eigenvalue weighted by molar-refractivity contribution is 0.661. The second-order valence-electron chi connectivity index (χ2n) is 14.6. The van der Waals surface area contributed by atoms with Crippen LogP contribution < -0.4 is 0 Å². The van der Waals surface area contributed by atoms with Gasteiger partial charge in [0.1, 0.15) is 0 Å². The Morgan fingerprint density at radius 2 is 1.08 bits per heavy atom. The minimum Gasteiger partial charge on any atom is -0.309 e. The van der Waals surface area contributed by atoms with E-state index in [0.717, 1.165) is 33.8 Å². The van der Waals surface area contributed by atoms with Crippen LogP contribution in [0.25, 0.3) is 92.7 Å². The highest BCUT2D eigenvalue weighted by Gasteiger charge is 2.36. The van der Waals surface area contributed by atoms with Crippen LogP contribution in [0, 0.1) is 0 Å². The van der Waals surface area contributed by atoms with Crippen molar-refractivity contribution in [2.24, 2.45) is 0 Å². The third-order valence-corrected chi connectivity index (χ3v) is 12.3. The zero-order valence-electron chi connectivity index (χ0n) is 29.3. The van der Waals surface area contributed by atoms with Crippen LogP contribution in [0.3, 0.4) is 0 Å². The summed E-state index contributed by atoms with van der Waals surface area (Å²) < 4.78 is 5.11. The standard InChI is InChI=1S/C49H33N3S/c1-49(2)40-19-11-9-17-34(40)36-25-37-38-27-47-39(35-18-10-12-20-46(35)53-47)26-44(38)52(45(37)28-41(36)49)33-23-21-32(22-24-33)48-50-42(30-13-5-3-6-14-30)29-43(51-48)31-15-7-4-8-16-31/h3-29H,1-2H3. The fourth-order valence-corrected chi connectivity index (χ4v) is 9.68. The minimum absolute atomic E-state index is 0.0978. The number of hydrogen-bond acceptors (Lipinski definition) is 3. The van der Waals surface area contributed by atoms with Crippen LogP contribution in [-0.2, 0) is 5.41 Å². The smallest absolute Gasteiger partial charge is 0.160 e. The molecule has 1 aliphatic rings. The van der Waals surface area contributed by atoms with Gasteiger partial charge in [0, 0.05) is 58.7 Å². The Kier molecular flexibility index (Phi) is 6.47. The SMILES string of the molecule is CC1(C)c2ccccc2-c2cc3c4cc5sc6ccccc6c5cc4n(-c4ccc(-c5nc(-c6ccccc6)cc(-c6ccccc6)n5)cc4)c3cc21. The predicted molar refractivity (Wildman–Crippen MR) is 223 cm³/mol. The van der Waals surface area contributed by atoms with Crippen LogP contribution >= 0.6 is 11.3 Å². The number of hydrogen-bond donors (Lipinski definition) is 0. The van der Waals surface area contributed by atoms with E-state index in [2.05, 4.69) is 170 Å². The van der Waals surface area contributed by atoms with Crippen molar-refractivity contribution in [2.45, 2.75) is 19.3 Å². The molecule has 3 aromatic heterocycles. The van der Waals surface area contributed by atoms with Gasteiger partial charge < -0.3 is 4.57 Å². The first kappa shape index (κ1) is 30.3. The molecule has 0 saturated carbocycles. The van der Waals surface area contributed by atoms with Gasteiger partial charge >= 0.3 is 0 Å². The van der Waals surface area contributed by atoms with Gasteiger partial charge in [-0.1, -0.05) is 117 Å². The third kappa shape index (κ3) is 4.59. The fourth-order valence-electron chi connectivity index (χ4n) is 8.56. The van der Waals surface area contributed by atoms with E-state index in [-0.39, 0.29) is 5.41 Å². The predicted octanol–water partition coefficient (Wildman–Crippen LogP) is 13.2. The lowest BCUT2D eigenvalue weighted by Gasteiger charge is -2.21. The molecule has 4 heteroatoms. The number of aromatic nitrogens is 3. The highest BCUT2D eigenvalue weighted by atomic mass is 32.1. The second-order valence-corrected chi connectivity index (χ2v) is 15.7. The summed E-state index contributed by atoms with van der Waals surface area (Å²) in [6.45, 7) is 4.72. The molecule has 0 spiro atoms. The topological polar surface area (TPSA) is 30.7 Å². The van der Waals surface area contributed by atoms with Crippen molar-refractivity contribution in [3.63, 3.8) is 0 Å². The molecule has 0 bridgehead atoms. The fraction of sp³-hybridized carbons (Fsp3) is 0.0612. The Labute approximate surface area is 311 Å². The van der Waals surface area contributed by atoms with E-state index in [9.17, 15) is 0 Å². The number of thiophene rings is 1. The molecule has 0 radical (unpaired) electrons. The molecule has 0 saturated heterocycles. The van der Waals surface area contributed by atoms with E-state index in [4.69, 9.17) is 9.97 Å². The Morgan fingerprint density at radius 3 is 1.81 bits per heavy atom. The van der Waals surface area contributed by atoms with E-state index in [1.807, 2.05) is 23.5 Å². The maximum Gasteiger partial charge on any atom is 0.160 e. The molecule has 0 aliphatic heterocycles. The molecule has 0 N–H and O–H groups in total. The molecule has 3 nitrogen and oxygen atoms in total. The van der Waals surface area contributed by atoms with Crippen molar-refractivity contribution < 1.29 is 0 Å². The van der Waals surface area contributed by atoms with E-state index < -0.39 is 0 Å². The monoisotopic (exact) mass is 695 g/mol. The van der Waals surface area contributed by atoms with Gasteiger partial charge in [0.05, 0.1) is 22.4 Å². The maximum atomic E-state index is 5.11. The van der Waals surface area contributed by atoms with Gasteiger partial charge in [-0.15, -0.1) is 11.3 Å². The molecule has 1 aliphatic carbocycles. The quantitative estimate of drug-likeness (QED) is 0.183. The van der Waals surface area contributed by atoms with Crippen molar-refractivity contribution in [1.82, 2.24) is 14.5 Å². The number of fused-ring (bicyclic) bond motifs is 9. The Bertz CT molecular complexity index is 3000. The first-order chi connectivity index (χ1) is 26.0. The first-order valence-electron chi connectivity index (χ1n) is 18.2. The summed E-state index contributed by atoms with van der Waals surface area (Å²) in [7, 11) is 0. The average Bonchev–Trinajstić information content (AvgIpc) is 3.81. The molecular formula is C49H33N3S. The lowest BCUT2D eigenvalue weighted by Crippen LogP contribution is -2.14. The molecule has 10 aromatic rings. The van der Waals surface area contributed by atoms with Crippen LogP contribution in [-0.4, -0.2) is 14.5 Å². The normalized spacial score (nSPS) is 13.2. The molecular weight excluding hydrogens is 663 g/mol. The zero-order valence-corrected chi connectivity index (χ0v) is 30.2. The van der Waals surface area contributed by atoms with Crippen LogP contribution in [0.1, 0.15) is 25.0 Å². The third-order valence-electron chi connectivity index (χ3n) is 11.2. The minimum atomic E-state index is -0.0978. The Morgan fingerprint density at radius 1 is 0.453 bits per heavy atom. The van der Waals surface area contributed by atoms with Gasteiger partial charge in [-0.25, -0.2) is 9.97 Å². The van der Waals surface area contributed by atoms with Crippen LogP contribution in [0.2, 0.25) is 0 Å². The van der Waals surface area contributed by atoms with E-state index in [1.165, 1.54) is 64.2 Å². The van der Waals surface area contributed by atoms with Crippen LogP contribution in [0.15, 0.2) is 164 Å². The molecule has 0 unspecified atom stereocenters. The van der Waals surface area contributed by atoms with Crippen LogP contribution in [0.5, 0.6) is 0 Å². The molecule has 11 rings (SSSR count). The van der Waals surface area contributed by atoms with E-state index >= 15 is 0 Å². The molecule has 0 atom stereocenters. The first-order valence-corrected chi connectivity index (χ1v) is 19.0. The highest BCUT2D eigenvalue weighted by Crippen LogP contribution is 2.51. The second kappa shape index (κ2) is 11.3. The molecule has 0 amide bonds. The molecule has 7 aromatic carbocycles. The van der Waals surface area contributed by atoms with E-state index in [1.54, 1.807) is 0 Å².